The Balaban J connectivity index is 0.00000220. The van der Waals surface area contributed by atoms with E-state index in [0.717, 1.165) is 25.9 Å². The lowest BCUT2D eigenvalue weighted by Gasteiger charge is -2.35. The molecule has 0 aromatic heterocycles. The fourth-order valence-electron chi connectivity index (χ4n) is 3.19. The Hall–Kier alpha value is -1.06. The van der Waals surface area contributed by atoms with Crippen LogP contribution in [0.1, 0.15) is 38.3 Å². The molecule has 2 atom stereocenters. The smallest absolute Gasteiger partial charge is 0.227 e. The molecule has 1 aromatic carbocycles. The molecule has 118 valence electrons. The van der Waals surface area contributed by atoms with Gasteiger partial charge in [-0.05, 0) is 30.9 Å². The van der Waals surface area contributed by atoms with Crippen molar-refractivity contribution >= 4 is 18.3 Å². The van der Waals surface area contributed by atoms with Gasteiger partial charge in [0.25, 0.3) is 0 Å². The van der Waals surface area contributed by atoms with Gasteiger partial charge in [-0.3, -0.25) is 4.79 Å². The predicted molar refractivity (Wildman–Crippen MR) is 89.6 cm³/mol. The van der Waals surface area contributed by atoms with Crippen molar-refractivity contribution in [2.45, 2.75) is 32.7 Å². The van der Waals surface area contributed by atoms with Crippen molar-refractivity contribution in [2.75, 3.05) is 20.1 Å². The van der Waals surface area contributed by atoms with Crippen LogP contribution in [0, 0.1) is 11.8 Å². The molecular weight excluding hydrogens is 284 g/mol. The van der Waals surface area contributed by atoms with Crippen LogP contribution in [0.4, 0.5) is 0 Å². The van der Waals surface area contributed by atoms with E-state index in [1.165, 1.54) is 5.56 Å². The second kappa shape index (κ2) is 8.40. The molecule has 0 saturated carbocycles. The summed E-state index contributed by atoms with van der Waals surface area (Å²) >= 11 is 0. The van der Waals surface area contributed by atoms with Crippen LogP contribution in [0.15, 0.2) is 30.3 Å². The van der Waals surface area contributed by atoms with Gasteiger partial charge in [0.1, 0.15) is 0 Å². The largest absolute Gasteiger partial charge is 0.338 e. The van der Waals surface area contributed by atoms with Crippen molar-refractivity contribution < 1.29 is 4.79 Å². The highest BCUT2D eigenvalue weighted by Gasteiger charge is 2.30. The number of carbonyl (C=O) groups is 1. The van der Waals surface area contributed by atoms with Crippen molar-refractivity contribution in [3.63, 3.8) is 0 Å². The summed E-state index contributed by atoms with van der Waals surface area (Å²) in [7, 11) is 1.95. The van der Waals surface area contributed by atoms with Gasteiger partial charge in [0.2, 0.25) is 5.91 Å². The van der Waals surface area contributed by atoms with Crippen molar-refractivity contribution in [1.29, 1.82) is 0 Å². The second-order valence-electron chi connectivity index (χ2n) is 6.09. The molecule has 0 bridgehead atoms. The molecule has 0 radical (unpaired) electrons. The van der Waals surface area contributed by atoms with E-state index in [2.05, 4.69) is 31.3 Å². The highest BCUT2D eigenvalue weighted by Crippen LogP contribution is 2.29. The molecule has 21 heavy (non-hydrogen) atoms. The van der Waals surface area contributed by atoms with E-state index in [1.807, 2.05) is 30.1 Å². The third kappa shape index (κ3) is 4.45. The first kappa shape index (κ1) is 18.0. The number of benzene rings is 1. The van der Waals surface area contributed by atoms with Crippen LogP contribution in [0.25, 0.3) is 0 Å². The topological polar surface area (TPSA) is 32.3 Å². The first-order valence-corrected chi connectivity index (χ1v) is 7.63. The summed E-state index contributed by atoms with van der Waals surface area (Å²) in [4.78, 5) is 14.7. The van der Waals surface area contributed by atoms with Gasteiger partial charge in [0, 0.05) is 13.6 Å². The number of hydrogen-bond donors (Lipinski definition) is 1. The summed E-state index contributed by atoms with van der Waals surface area (Å²) in [6, 6.07) is 10.5. The van der Waals surface area contributed by atoms with E-state index in [1.54, 1.807) is 0 Å². The van der Waals surface area contributed by atoms with Gasteiger partial charge in [-0.15, -0.1) is 12.4 Å². The first-order valence-electron chi connectivity index (χ1n) is 7.63. The van der Waals surface area contributed by atoms with Crippen LogP contribution in [0.5, 0.6) is 0 Å². The molecule has 0 aliphatic carbocycles. The Kier molecular flexibility index (Phi) is 7.20. The molecular formula is C17H27ClN2O. The van der Waals surface area contributed by atoms with Crippen LogP contribution in [0.3, 0.4) is 0 Å². The Morgan fingerprint density at radius 3 is 2.48 bits per heavy atom. The van der Waals surface area contributed by atoms with E-state index in [-0.39, 0.29) is 30.3 Å². The number of carbonyl (C=O) groups excluding carboxylic acids is 1. The lowest BCUT2D eigenvalue weighted by Crippen LogP contribution is -2.43. The van der Waals surface area contributed by atoms with Gasteiger partial charge in [0.15, 0.2) is 0 Å². The molecule has 1 amide bonds. The molecule has 1 aromatic rings. The zero-order chi connectivity index (χ0) is 14.5. The highest BCUT2D eigenvalue weighted by molar-refractivity contribution is 5.85. The average Bonchev–Trinajstić information content (AvgIpc) is 2.48. The van der Waals surface area contributed by atoms with Crippen molar-refractivity contribution in [3.05, 3.63) is 35.9 Å². The molecule has 1 aliphatic rings. The minimum absolute atomic E-state index is 0. The van der Waals surface area contributed by atoms with Crippen LogP contribution in [0.2, 0.25) is 0 Å². The van der Waals surface area contributed by atoms with Crippen LogP contribution in [-0.2, 0) is 4.79 Å². The van der Waals surface area contributed by atoms with Gasteiger partial charge >= 0.3 is 0 Å². The van der Waals surface area contributed by atoms with Gasteiger partial charge in [-0.25, -0.2) is 0 Å². The Labute approximate surface area is 134 Å². The summed E-state index contributed by atoms with van der Waals surface area (Å²) in [5, 5.41) is 3.33. The number of nitrogens with one attached hydrogen (secondary N) is 1. The molecule has 1 fully saturated rings. The maximum Gasteiger partial charge on any atom is 0.227 e. The van der Waals surface area contributed by atoms with Gasteiger partial charge in [-0.1, -0.05) is 44.2 Å². The minimum Gasteiger partial charge on any atom is -0.338 e. The third-order valence-corrected chi connectivity index (χ3v) is 4.18. The maximum atomic E-state index is 12.7. The van der Waals surface area contributed by atoms with Crippen molar-refractivity contribution in [2.24, 2.45) is 11.8 Å². The SMILES string of the molecule is CC(C)C(c1ccccc1)N(C)C(=O)C1CCCNC1.Cl. The Morgan fingerprint density at radius 2 is 1.95 bits per heavy atom. The summed E-state index contributed by atoms with van der Waals surface area (Å²) in [6.45, 7) is 6.23. The number of nitrogens with zero attached hydrogens (tertiary/aromatic N) is 1. The van der Waals surface area contributed by atoms with Gasteiger partial charge < -0.3 is 10.2 Å². The first-order chi connectivity index (χ1) is 9.61. The molecule has 1 N–H and O–H groups in total. The van der Waals surface area contributed by atoms with E-state index in [4.69, 9.17) is 0 Å². The fraction of sp³-hybridized carbons (Fsp3) is 0.588. The predicted octanol–water partition coefficient (Wildman–Crippen LogP) is 3.26. The molecule has 4 heteroatoms. The molecule has 1 saturated heterocycles. The molecule has 2 unspecified atom stereocenters. The molecule has 3 nitrogen and oxygen atoms in total. The highest BCUT2D eigenvalue weighted by atomic mass is 35.5. The molecule has 1 aliphatic heterocycles. The minimum atomic E-state index is 0. The number of halogens is 1. The fourth-order valence-corrected chi connectivity index (χ4v) is 3.19. The Morgan fingerprint density at radius 1 is 1.29 bits per heavy atom. The zero-order valence-electron chi connectivity index (χ0n) is 13.2. The summed E-state index contributed by atoms with van der Waals surface area (Å²) < 4.78 is 0. The summed E-state index contributed by atoms with van der Waals surface area (Å²) in [5.41, 5.74) is 1.22. The van der Waals surface area contributed by atoms with E-state index in [9.17, 15) is 4.79 Å². The lowest BCUT2D eigenvalue weighted by atomic mass is 9.92. The standard InChI is InChI=1S/C17H26N2O.ClH/c1-13(2)16(14-8-5-4-6-9-14)19(3)17(20)15-10-7-11-18-12-15;/h4-6,8-9,13,15-16,18H,7,10-12H2,1-3H3;1H. The monoisotopic (exact) mass is 310 g/mol. The number of piperidine rings is 1. The third-order valence-electron chi connectivity index (χ3n) is 4.18. The second-order valence-corrected chi connectivity index (χ2v) is 6.09. The van der Waals surface area contributed by atoms with Crippen molar-refractivity contribution in [1.82, 2.24) is 10.2 Å². The van der Waals surface area contributed by atoms with Gasteiger partial charge in [0.05, 0.1) is 12.0 Å². The van der Waals surface area contributed by atoms with Crippen LogP contribution < -0.4 is 5.32 Å². The summed E-state index contributed by atoms with van der Waals surface area (Å²) in [5.74, 6) is 0.821. The van der Waals surface area contributed by atoms with E-state index >= 15 is 0 Å². The summed E-state index contributed by atoms with van der Waals surface area (Å²) in [6.07, 6.45) is 2.11. The quantitative estimate of drug-likeness (QED) is 0.926. The average molecular weight is 311 g/mol. The zero-order valence-corrected chi connectivity index (χ0v) is 14.0. The van der Waals surface area contributed by atoms with Crippen molar-refractivity contribution in [3.8, 4) is 0 Å². The maximum absolute atomic E-state index is 12.7. The molecule has 0 spiro atoms. The van der Waals surface area contributed by atoms with Crippen LogP contribution >= 0.6 is 12.4 Å². The van der Waals surface area contributed by atoms with E-state index in [0.29, 0.717) is 5.92 Å². The van der Waals surface area contributed by atoms with E-state index < -0.39 is 0 Å². The Bertz CT molecular complexity index is 430. The van der Waals surface area contributed by atoms with Gasteiger partial charge in [-0.2, -0.15) is 0 Å². The number of amides is 1. The molecule has 2 rings (SSSR count). The molecule has 1 heterocycles. The lowest BCUT2D eigenvalue weighted by molar-refractivity contribution is -0.138. The number of hydrogen-bond acceptors (Lipinski definition) is 2. The van der Waals surface area contributed by atoms with Crippen LogP contribution in [-0.4, -0.2) is 30.9 Å². The number of rotatable bonds is 4. The normalized spacial score (nSPS) is 19.7.